The number of hydrogen-bond acceptors (Lipinski definition) is 6. The normalized spacial score (nSPS) is 12.0. The Morgan fingerprint density at radius 3 is 2.69 bits per heavy atom. The molecule has 1 heterocycles. The van der Waals surface area contributed by atoms with Crippen LogP contribution in [-0.2, 0) is 0 Å². The fourth-order valence-electron chi connectivity index (χ4n) is 2.37. The van der Waals surface area contributed by atoms with Crippen LogP contribution in [0, 0.1) is 0 Å². The number of para-hydroxylation sites is 2. The molecule has 0 aliphatic carbocycles. The SMILES string of the molecule is CCOc1ccccc1-n1nnnc1S[C@@H](C)C(=O)c1ccc(Cl)cc1. The summed E-state index contributed by atoms with van der Waals surface area (Å²) in [7, 11) is 0. The topological polar surface area (TPSA) is 69.9 Å². The van der Waals surface area contributed by atoms with Crippen LogP contribution in [0.25, 0.3) is 5.69 Å². The summed E-state index contributed by atoms with van der Waals surface area (Å²) < 4.78 is 7.23. The van der Waals surface area contributed by atoms with Gasteiger partial charge in [0.05, 0.1) is 11.9 Å². The predicted octanol–water partition coefficient (Wildman–Crippen LogP) is 4.08. The van der Waals surface area contributed by atoms with Crippen molar-refractivity contribution in [2.24, 2.45) is 0 Å². The number of carbonyl (C=O) groups excluding carboxylic acids is 1. The van der Waals surface area contributed by atoms with E-state index < -0.39 is 0 Å². The number of aromatic nitrogens is 4. The zero-order chi connectivity index (χ0) is 18.5. The third-order valence-electron chi connectivity index (χ3n) is 3.61. The van der Waals surface area contributed by atoms with Crippen LogP contribution in [0.2, 0.25) is 5.02 Å². The molecule has 0 fully saturated rings. The summed E-state index contributed by atoms with van der Waals surface area (Å²) >= 11 is 7.18. The molecule has 0 spiro atoms. The third-order valence-corrected chi connectivity index (χ3v) is 4.90. The number of benzene rings is 2. The Bertz CT molecular complexity index is 898. The van der Waals surface area contributed by atoms with Gasteiger partial charge in [-0.25, -0.2) is 0 Å². The predicted molar refractivity (Wildman–Crippen MR) is 101 cm³/mol. The van der Waals surface area contributed by atoms with E-state index in [-0.39, 0.29) is 11.0 Å². The van der Waals surface area contributed by atoms with Crippen molar-refractivity contribution < 1.29 is 9.53 Å². The molecule has 1 aromatic heterocycles. The molecular weight excluding hydrogens is 372 g/mol. The van der Waals surface area contributed by atoms with E-state index in [4.69, 9.17) is 16.3 Å². The fraction of sp³-hybridized carbons (Fsp3) is 0.222. The van der Waals surface area contributed by atoms with E-state index in [9.17, 15) is 4.79 Å². The van der Waals surface area contributed by atoms with Gasteiger partial charge < -0.3 is 4.74 Å². The molecule has 0 radical (unpaired) electrons. The van der Waals surface area contributed by atoms with Crippen LogP contribution in [0.4, 0.5) is 0 Å². The highest BCUT2D eigenvalue weighted by Crippen LogP contribution is 2.29. The highest BCUT2D eigenvalue weighted by molar-refractivity contribution is 8.00. The average molecular weight is 389 g/mol. The lowest BCUT2D eigenvalue weighted by Crippen LogP contribution is -2.14. The maximum Gasteiger partial charge on any atom is 0.214 e. The lowest BCUT2D eigenvalue weighted by Gasteiger charge is -2.12. The molecule has 0 aliphatic rings. The molecule has 6 nitrogen and oxygen atoms in total. The van der Waals surface area contributed by atoms with Crippen LogP contribution in [0.5, 0.6) is 5.75 Å². The summed E-state index contributed by atoms with van der Waals surface area (Å²) in [6.07, 6.45) is 0. The number of hydrogen-bond donors (Lipinski definition) is 0. The summed E-state index contributed by atoms with van der Waals surface area (Å²) in [5.74, 6) is 0.667. The molecule has 0 amide bonds. The minimum atomic E-state index is -0.361. The maximum atomic E-state index is 12.6. The van der Waals surface area contributed by atoms with Gasteiger partial charge >= 0.3 is 0 Å². The van der Waals surface area contributed by atoms with Crippen molar-refractivity contribution in [1.82, 2.24) is 20.2 Å². The Kier molecular flexibility index (Phi) is 5.90. The van der Waals surface area contributed by atoms with Crippen LogP contribution in [-0.4, -0.2) is 37.8 Å². The number of ether oxygens (including phenoxy) is 1. The van der Waals surface area contributed by atoms with Crippen LogP contribution in [0.15, 0.2) is 53.7 Å². The smallest absolute Gasteiger partial charge is 0.214 e. The molecule has 3 rings (SSSR count). The van der Waals surface area contributed by atoms with E-state index in [1.54, 1.807) is 28.9 Å². The molecule has 0 N–H and O–H groups in total. The highest BCUT2D eigenvalue weighted by atomic mass is 35.5. The van der Waals surface area contributed by atoms with E-state index in [0.717, 1.165) is 5.69 Å². The molecule has 0 bridgehead atoms. The fourth-order valence-corrected chi connectivity index (χ4v) is 3.38. The van der Waals surface area contributed by atoms with Gasteiger partial charge in [-0.2, -0.15) is 4.68 Å². The Morgan fingerprint density at radius 1 is 1.23 bits per heavy atom. The van der Waals surface area contributed by atoms with Crippen molar-refractivity contribution in [1.29, 1.82) is 0 Å². The molecular formula is C18H17ClN4O2S. The molecule has 8 heteroatoms. The van der Waals surface area contributed by atoms with Crippen LogP contribution in [0.1, 0.15) is 24.2 Å². The molecule has 26 heavy (non-hydrogen) atoms. The van der Waals surface area contributed by atoms with Crippen LogP contribution < -0.4 is 4.74 Å². The van der Waals surface area contributed by atoms with Gasteiger partial charge in [0, 0.05) is 10.6 Å². The van der Waals surface area contributed by atoms with Gasteiger partial charge in [-0.15, -0.1) is 5.10 Å². The number of ketones is 1. The number of tetrazole rings is 1. The quantitative estimate of drug-likeness (QED) is 0.448. The second-order valence-corrected chi connectivity index (χ2v) is 7.15. The summed E-state index contributed by atoms with van der Waals surface area (Å²) in [5, 5.41) is 12.6. The minimum Gasteiger partial charge on any atom is -0.492 e. The number of rotatable bonds is 7. The standard InChI is InChI=1S/C18H17ClN4O2S/c1-3-25-16-7-5-4-6-15(16)23-18(20-21-22-23)26-12(2)17(24)13-8-10-14(19)11-9-13/h4-12H,3H2,1-2H3/t12-/m0/s1. The largest absolute Gasteiger partial charge is 0.492 e. The maximum absolute atomic E-state index is 12.6. The van der Waals surface area contributed by atoms with Crippen molar-refractivity contribution in [2.45, 2.75) is 24.3 Å². The number of thioether (sulfide) groups is 1. The van der Waals surface area contributed by atoms with E-state index in [1.807, 2.05) is 38.1 Å². The van der Waals surface area contributed by atoms with Crippen molar-refractivity contribution in [3.05, 3.63) is 59.1 Å². The van der Waals surface area contributed by atoms with Gasteiger partial charge in [-0.05, 0) is 60.7 Å². The molecule has 134 valence electrons. The Hall–Kier alpha value is -2.38. The number of halogens is 1. The average Bonchev–Trinajstić information content (AvgIpc) is 3.10. The minimum absolute atomic E-state index is 0.0145. The van der Waals surface area contributed by atoms with E-state index in [2.05, 4.69) is 15.5 Å². The first-order valence-electron chi connectivity index (χ1n) is 8.07. The van der Waals surface area contributed by atoms with E-state index >= 15 is 0 Å². The summed E-state index contributed by atoms with van der Waals surface area (Å²) in [6, 6.07) is 14.3. The van der Waals surface area contributed by atoms with E-state index in [0.29, 0.717) is 28.1 Å². The van der Waals surface area contributed by atoms with Gasteiger partial charge in [0.2, 0.25) is 5.16 Å². The van der Waals surface area contributed by atoms with Crippen molar-refractivity contribution >= 4 is 29.1 Å². The molecule has 1 atom stereocenters. The van der Waals surface area contributed by atoms with Gasteiger partial charge in [0.15, 0.2) is 5.78 Å². The molecule has 0 saturated carbocycles. The first-order chi connectivity index (χ1) is 12.6. The lowest BCUT2D eigenvalue weighted by atomic mass is 10.1. The second-order valence-electron chi connectivity index (χ2n) is 5.41. The molecule has 0 saturated heterocycles. The van der Waals surface area contributed by atoms with Crippen molar-refractivity contribution in [3.63, 3.8) is 0 Å². The molecule has 0 unspecified atom stereocenters. The monoisotopic (exact) mass is 388 g/mol. The zero-order valence-electron chi connectivity index (χ0n) is 14.3. The van der Waals surface area contributed by atoms with Crippen molar-refractivity contribution in [3.8, 4) is 11.4 Å². The zero-order valence-corrected chi connectivity index (χ0v) is 15.9. The summed E-state index contributed by atoms with van der Waals surface area (Å²) in [4.78, 5) is 12.6. The van der Waals surface area contributed by atoms with Crippen LogP contribution in [0.3, 0.4) is 0 Å². The first kappa shape index (κ1) is 18.4. The number of carbonyl (C=O) groups is 1. The molecule has 0 aliphatic heterocycles. The highest BCUT2D eigenvalue weighted by Gasteiger charge is 2.21. The second kappa shape index (κ2) is 8.33. The van der Waals surface area contributed by atoms with Crippen LogP contribution >= 0.6 is 23.4 Å². The number of nitrogens with zero attached hydrogens (tertiary/aromatic N) is 4. The summed E-state index contributed by atoms with van der Waals surface area (Å²) in [5.41, 5.74) is 1.33. The lowest BCUT2D eigenvalue weighted by molar-refractivity contribution is 0.0994. The third kappa shape index (κ3) is 4.05. The van der Waals surface area contributed by atoms with Crippen molar-refractivity contribution in [2.75, 3.05) is 6.61 Å². The molecule has 2 aromatic carbocycles. The first-order valence-corrected chi connectivity index (χ1v) is 9.33. The summed E-state index contributed by atoms with van der Waals surface area (Å²) in [6.45, 7) is 4.28. The van der Waals surface area contributed by atoms with Gasteiger partial charge in [0.1, 0.15) is 11.4 Å². The Balaban J connectivity index is 1.83. The number of Topliss-reactive ketones (excluding diaryl/α,β-unsaturated/α-hetero) is 1. The Morgan fingerprint density at radius 2 is 1.96 bits per heavy atom. The Labute approximate surface area is 160 Å². The van der Waals surface area contributed by atoms with E-state index in [1.165, 1.54) is 11.8 Å². The molecule has 3 aromatic rings. The van der Waals surface area contributed by atoms with Gasteiger partial charge in [-0.1, -0.05) is 35.5 Å². The van der Waals surface area contributed by atoms with Gasteiger partial charge in [-0.3, -0.25) is 4.79 Å². The van der Waals surface area contributed by atoms with Gasteiger partial charge in [0.25, 0.3) is 0 Å².